The number of rotatable bonds is 5. The molecule has 1 N–H and O–H groups in total. The van der Waals surface area contributed by atoms with Gasteiger partial charge in [0.05, 0.1) is 0 Å². The van der Waals surface area contributed by atoms with E-state index in [-0.39, 0.29) is 5.57 Å². The summed E-state index contributed by atoms with van der Waals surface area (Å²) < 4.78 is 0. The van der Waals surface area contributed by atoms with Crippen molar-refractivity contribution in [1.82, 2.24) is 0 Å². The Morgan fingerprint density at radius 1 is 0.857 bits per heavy atom. The number of nitriles is 2. The van der Waals surface area contributed by atoms with Gasteiger partial charge in [-0.05, 0) is 36.1 Å². The number of allylic oxidation sites excluding steroid dienone is 1. The van der Waals surface area contributed by atoms with E-state index >= 15 is 0 Å². The molecule has 21 heavy (non-hydrogen) atoms. The summed E-state index contributed by atoms with van der Waals surface area (Å²) in [4.78, 5) is 0. The molecule has 102 valence electrons. The standard InChI is InChI=1S/C18H15N3/c19-12-17(13-20)14-21-18-10-8-16(9-11-18)7-6-15-4-2-1-3-5-15/h1-5,8-11,14,21H,6-7H2. The van der Waals surface area contributed by atoms with Gasteiger partial charge in [0.2, 0.25) is 0 Å². The predicted octanol–water partition coefficient (Wildman–Crippen LogP) is 3.81. The maximum atomic E-state index is 8.65. The molecule has 0 aromatic heterocycles. The van der Waals surface area contributed by atoms with Crippen molar-refractivity contribution in [2.24, 2.45) is 0 Å². The summed E-state index contributed by atoms with van der Waals surface area (Å²) in [6.07, 6.45) is 3.42. The van der Waals surface area contributed by atoms with Gasteiger partial charge in [0, 0.05) is 11.9 Å². The van der Waals surface area contributed by atoms with Crippen molar-refractivity contribution in [3.8, 4) is 12.1 Å². The molecule has 0 atom stereocenters. The van der Waals surface area contributed by atoms with Crippen LogP contribution >= 0.6 is 0 Å². The van der Waals surface area contributed by atoms with Gasteiger partial charge in [-0.3, -0.25) is 0 Å². The van der Waals surface area contributed by atoms with Gasteiger partial charge in [-0.1, -0.05) is 42.5 Å². The summed E-state index contributed by atoms with van der Waals surface area (Å²) in [5.74, 6) is 0. The van der Waals surface area contributed by atoms with E-state index in [2.05, 4.69) is 41.7 Å². The van der Waals surface area contributed by atoms with Crippen LogP contribution in [0.1, 0.15) is 11.1 Å². The first-order chi connectivity index (χ1) is 10.3. The molecule has 3 nitrogen and oxygen atoms in total. The lowest BCUT2D eigenvalue weighted by molar-refractivity contribution is 0.960. The lowest BCUT2D eigenvalue weighted by atomic mass is 10.0. The number of nitrogens with one attached hydrogen (secondary N) is 1. The van der Waals surface area contributed by atoms with Gasteiger partial charge < -0.3 is 5.32 Å². The van der Waals surface area contributed by atoms with Crippen LogP contribution in [0.25, 0.3) is 0 Å². The van der Waals surface area contributed by atoms with Gasteiger partial charge in [-0.2, -0.15) is 10.5 Å². The van der Waals surface area contributed by atoms with Gasteiger partial charge in [0.25, 0.3) is 0 Å². The van der Waals surface area contributed by atoms with E-state index in [9.17, 15) is 0 Å². The maximum Gasteiger partial charge on any atom is 0.145 e. The summed E-state index contributed by atoms with van der Waals surface area (Å²) in [5.41, 5.74) is 3.51. The molecule has 0 aliphatic heterocycles. The molecule has 2 rings (SSSR count). The Balaban J connectivity index is 1.92. The zero-order chi connectivity index (χ0) is 14.9. The number of hydrogen-bond donors (Lipinski definition) is 1. The third-order valence-corrected chi connectivity index (χ3v) is 3.12. The Morgan fingerprint density at radius 2 is 1.43 bits per heavy atom. The summed E-state index contributed by atoms with van der Waals surface area (Å²) in [5, 5.41) is 20.2. The molecule has 2 aromatic rings. The highest BCUT2D eigenvalue weighted by molar-refractivity contribution is 5.50. The Morgan fingerprint density at radius 3 is 2.00 bits per heavy atom. The van der Waals surface area contributed by atoms with E-state index in [1.54, 1.807) is 0 Å². The number of benzene rings is 2. The van der Waals surface area contributed by atoms with Crippen LogP contribution in [0.3, 0.4) is 0 Å². The van der Waals surface area contributed by atoms with E-state index < -0.39 is 0 Å². The fourth-order valence-corrected chi connectivity index (χ4v) is 1.95. The topological polar surface area (TPSA) is 59.6 Å². The molecule has 0 radical (unpaired) electrons. The average Bonchev–Trinajstić information content (AvgIpc) is 2.56. The molecule has 0 fully saturated rings. The Bertz CT molecular complexity index is 670. The van der Waals surface area contributed by atoms with Crippen LogP contribution in [0.2, 0.25) is 0 Å². The zero-order valence-electron chi connectivity index (χ0n) is 11.6. The molecular weight excluding hydrogens is 258 g/mol. The second-order valence-electron chi connectivity index (χ2n) is 4.61. The first-order valence-electron chi connectivity index (χ1n) is 6.71. The van der Waals surface area contributed by atoms with E-state index in [0.29, 0.717) is 0 Å². The van der Waals surface area contributed by atoms with E-state index in [1.165, 1.54) is 17.3 Å². The molecule has 0 amide bonds. The van der Waals surface area contributed by atoms with Gasteiger partial charge in [-0.15, -0.1) is 0 Å². The van der Waals surface area contributed by atoms with Crippen LogP contribution in [-0.4, -0.2) is 0 Å². The van der Waals surface area contributed by atoms with Crippen molar-refractivity contribution < 1.29 is 0 Å². The molecule has 0 spiro atoms. The van der Waals surface area contributed by atoms with Crippen LogP contribution in [0.4, 0.5) is 5.69 Å². The van der Waals surface area contributed by atoms with Crippen LogP contribution in [0, 0.1) is 22.7 Å². The van der Waals surface area contributed by atoms with E-state index in [4.69, 9.17) is 10.5 Å². The lowest BCUT2D eigenvalue weighted by Crippen LogP contribution is -1.93. The summed E-state index contributed by atoms with van der Waals surface area (Å²) in [7, 11) is 0. The summed E-state index contributed by atoms with van der Waals surface area (Å²) in [6.45, 7) is 0. The van der Waals surface area contributed by atoms with Crippen molar-refractivity contribution in [3.63, 3.8) is 0 Å². The molecule has 0 bridgehead atoms. The third-order valence-electron chi connectivity index (χ3n) is 3.12. The minimum absolute atomic E-state index is 0.0585. The Kier molecular flexibility index (Phi) is 5.15. The van der Waals surface area contributed by atoms with Crippen LogP contribution in [0.15, 0.2) is 66.4 Å². The Hall–Kier alpha value is -3.04. The predicted molar refractivity (Wildman–Crippen MR) is 83.2 cm³/mol. The summed E-state index contributed by atoms with van der Waals surface area (Å²) >= 11 is 0. The minimum Gasteiger partial charge on any atom is -0.360 e. The molecule has 0 aliphatic carbocycles. The van der Waals surface area contributed by atoms with Gasteiger partial charge in [0.15, 0.2) is 0 Å². The molecule has 0 aliphatic rings. The smallest absolute Gasteiger partial charge is 0.145 e. The maximum absolute atomic E-state index is 8.65. The highest BCUT2D eigenvalue weighted by atomic mass is 14.8. The second-order valence-corrected chi connectivity index (χ2v) is 4.61. The minimum atomic E-state index is 0.0585. The fourth-order valence-electron chi connectivity index (χ4n) is 1.95. The SMILES string of the molecule is N#CC(C#N)=CNc1ccc(CCc2ccccc2)cc1. The quantitative estimate of drug-likeness (QED) is 0.842. The van der Waals surface area contributed by atoms with E-state index in [0.717, 1.165) is 18.5 Å². The van der Waals surface area contributed by atoms with Crippen molar-refractivity contribution >= 4 is 5.69 Å². The largest absolute Gasteiger partial charge is 0.360 e. The average molecular weight is 273 g/mol. The fraction of sp³-hybridized carbons (Fsp3) is 0.111. The molecular formula is C18H15N3. The number of hydrogen-bond acceptors (Lipinski definition) is 3. The first-order valence-corrected chi connectivity index (χ1v) is 6.71. The highest BCUT2D eigenvalue weighted by Gasteiger charge is 1.97. The third kappa shape index (κ3) is 4.53. The first kappa shape index (κ1) is 14.4. The molecule has 0 heterocycles. The van der Waals surface area contributed by atoms with Gasteiger partial charge in [-0.25, -0.2) is 0 Å². The van der Waals surface area contributed by atoms with Crippen LogP contribution in [-0.2, 0) is 12.8 Å². The lowest BCUT2D eigenvalue weighted by Gasteiger charge is -2.04. The van der Waals surface area contributed by atoms with Gasteiger partial charge in [0.1, 0.15) is 17.7 Å². The molecule has 0 saturated carbocycles. The van der Waals surface area contributed by atoms with Crippen LogP contribution < -0.4 is 5.32 Å². The number of anilines is 1. The Labute approximate surface area is 124 Å². The number of aryl methyl sites for hydroxylation is 2. The molecule has 3 heteroatoms. The molecule has 0 unspecified atom stereocenters. The monoisotopic (exact) mass is 273 g/mol. The van der Waals surface area contributed by atoms with Gasteiger partial charge >= 0.3 is 0 Å². The second kappa shape index (κ2) is 7.53. The van der Waals surface area contributed by atoms with Crippen molar-refractivity contribution in [2.45, 2.75) is 12.8 Å². The normalized spacial score (nSPS) is 9.24. The van der Waals surface area contributed by atoms with E-state index in [1.807, 2.05) is 30.3 Å². The van der Waals surface area contributed by atoms with Crippen LogP contribution in [0.5, 0.6) is 0 Å². The van der Waals surface area contributed by atoms with Crippen molar-refractivity contribution in [1.29, 1.82) is 10.5 Å². The molecule has 2 aromatic carbocycles. The molecule has 0 saturated heterocycles. The highest BCUT2D eigenvalue weighted by Crippen LogP contribution is 2.12. The summed E-state index contributed by atoms with van der Waals surface area (Å²) in [6, 6.07) is 22.0. The van der Waals surface area contributed by atoms with Crippen molar-refractivity contribution in [2.75, 3.05) is 5.32 Å². The van der Waals surface area contributed by atoms with Crippen molar-refractivity contribution in [3.05, 3.63) is 77.5 Å². The number of nitrogens with zero attached hydrogens (tertiary/aromatic N) is 2. The zero-order valence-corrected chi connectivity index (χ0v) is 11.6.